The van der Waals surface area contributed by atoms with Crippen molar-refractivity contribution < 1.29 is 17.9 Å². The van der Waals surface area contributed by atoms with Crippen LogP contribution in [-0.2, 0) is 14.6 Å². The van der Waals surface area contributed by atoms with Crippen LogP contribution in [0.2, 0.25) is 0 Å². The number of piperazine rings is 1. The van der Waals surface area contributed by atoms with Crippen molar-refractivity contribution in [2.75, 3.05) is 31.1 Å². The van der Waals surface area contributed by atoms with E-state index in [-0.39, 0.29) is 29.7 Å². The lowest BCUT2D eigenvalue weighted by molar-refractivity contribution is -0.00968. The fourth-order valence-corrected chi connectivity index (χ4v) is 5.44. The molecule has 0 unspecified atom stereocenters. The van der Waals surface area contributed by atoms with Crippen LogP contribution in [0.4, 0.5) is 4.79 Å². The predicted molar refractivity (Wildman–Crippen MR) is 83.5 cm³/mol. The van der Waals surface area contributed by atoms with Gasteiger partial charge >= 0.3 is 6.09 Å². The summed E-state index contributed by atoms with van der Waals surface area (Å²) in [7, 11) is -3.08. The molecule has 2 aliphatic heterocycles. The average Bonchev–Trinajstić information content (AvgIpc) is 3.08. The topological polar surface area (TPSA) is 66.9 Å². The first-order valence-corrected chi connectivity index (χ1v) is 9.91. The van der Waals surface area contributed by atoms with Crippen molar-refractivity contribution in [3.63, 3.8) is 0 Å². The molecular formula is C15H26N2O4S. The number of carbonyl (C=O) groups is 1. The summed E-state index contributed by atoms with van der Waals surface area (Å²) in [5, 5.41) is 0. The van der Waals surface area contributed by atoms with Crippen LogP contribution in [0.3, 0.4) is 0 Å². The molecule has 0 aromatic rings. The first-order chi connectivity index (χ1) is 10.1. The molecule has 22 heavy (non-hydrogen) atoms. The second kappa shape index (κ2) is 5.37. The summed E-state index contributed by atoms with van der Waals surface area (Å²) in [5.41, 5.74) is -0.560. The molecule has 7 heteroatoms. The molecule has 3 fully saturated rings. The number of hydrogen-bond donors (Lipinski definition) is 0. The fourth-order valence-electron chi connectivity index (χ4n) is 3.43. The summed E-state index contributed by atoms with van der Waals surface area (Å²) >= 11 is 0. The van der Waals surface area contributed by atoms with Crippen molar-refractivity contribution in [1.29, 1.82) is 0 Å². The van der Waals surface area contributed by atoms with Gasteiger partial charge in [-0.25, -0.2) is 13.2 Å². The summed E-state index contributed by atoms with van der Waals surface area (Å²) in [6.07, 6.45) is 2.11. The maximum absolute atomic E-state index is 12.4. The average molecular weight is 330 g/mol. The standard InChI is InChI=1S/C15H26N2O4S/c1-15(2,3)21-14(18)17-7-6-16(8-11-4-5-11)12-9-22(19,20)10-13(12)17/h11-13H,4-10H2,1-3H3/t12-,13+/m1/s1. The van der Waals surface area contributed by atoms with Gasteiger partial charge in [0.2, 0.25) is 0 Å². The Morgan fingerprint density at radius 1 is 1.14 bits per heavy atom. The summed E-state index contributed by atoms with van der Waals surface area (Å²) < 4.78 is 29.6. The minimum Gasteiger partial charge on any atom is -0.444 e. The van der Waals surface area contributed by atoms with E-state index in [0.29, 0.717) is 6.54 Å². The Balaban J connectivity index is 1.75. The smallest absolute Gasteiger partial charge is 0.410 e. The third-order valence-corrected chi connectivity index (χ3v) is 6.31. The molecule has 0 spiro atoms. The van der Waals surface area contributed by atoms with E-state index in [9.17, 15) is 13.2 Å². The zero-order valence-corrected chi connectivity index (χ0v) is 14.4. The molecule has 0 N–H and O–H groups in total. The van der Waals surface area contributed by atoms with Gasteiger partial charge in [0.05, 0.1) is 17.5 Å². The van der Waals surface area contributed by atoms with E-state index in [0.717, 1.165) is 19.0 Å². The van der Waals surface area contributed by atoms with Crippen LogP contribution in [-0.4, -0.2) is 73.1 Å². The van der Waals surface area contributed by atoms with Gasteiger partial charge in [0.15, 0.2) is 9.84 Å². The van der Waals surface area contributed by atoms with Gasteiger partial charge in [0.1, 0.15) is 5.60 Å². The van der Waals surface area contributed by atoms with E-state index in [4.69, 9.17) is 4.74 Å². The van der Waals surface area contributed by atoms with Gasteiger partial charge in [0, 0.05) is 25.7 Å². The lowest BCUT2D eigenvalue weighted by atomic mass is 10.0. The van der Waals surface area contributed by atoms with Gasteiger partial charge < -0.3 is 9.64 Å². The molecule has 1 aliphatic carbocycles. The third kappa shape index (κ3) is 3.56. The number of nitrogens with zero attached hydrogens (tertiary/aromatic N) is 2. The Morgan fingerprint density at radius 3 is 2.36 bits per heavy atom. The van der Waals surface area contributed by atoms with Crippen molar-refractivity contribution in [3.8, 4) is 0 Å². The number of ether oxygens (including phenoxy) is 1. The molecule has 3 rings (SSSR count). The number of fused-ring (bicyclic) bond motifs is 1. The minimum atomic E-state index is -3.08. The number of amides is 1. The SMILES string of the molecule is CC(C)(C)OC(=O)N1CCN(CC2CC2)[C@@H]2CS(=O)(=O)C[C@@H]21. The van der Waals surface area contributed by atoms with Crippen LogP contribution >= 0.6 is 0 Å². The zero-order chi connectivity index (χ0) is 16.1. The van der Waals surface area contributed by atoms with E-state index < -0.39 is 15.4 Å². The molecule has 1 amide bonds. The summed E-state index contributed by atoms with van der Waals surface area (Å²) in [5.74, 6) is 0.957. The zero-order valence-electron chi connectivity index (χ0n) is 13.6. The number of carbonyl (C=O) groups excluding carboxylic acids is 1. The first-order valence-electron chi connectivity index (χ1n) is 8.09. The molecule has 1 saturated carbocycles. The lowest BCUT2D eigenvalue weighted by Crippen LogP contribution is -2.61. The molecule has 126 valence electrons. The van der Waals surface area contributed by atoms with Gasteiger partial charge in [-0.15, -0.1) is 0 Å². The highest BCUT2D eigenvalue weighted by atomic mass is 32.2. The van der Waals surface area contributed by atoms with E-state index in [1.807, 2.05) is 20.8 Å². The van der Waals surface area contributed by atoms with Gasteiger partial charge in [-0.05, 0) is 39.5 Å². The first kappa shape index (κ1) is 16.1. The Kier molecular flexibility index (Phi) is 3.92. The minimum absolute atomic E-state index is 0.0631. The molecule has 2 heterocycles. The fraction of sp³-hybridized carbons (Fsp3) is 0.933. The number of rotatable bonds is 2. The normalized spacial score (nSPS) is 31.9. The highest BCUT2D eigenvalue weighted by Gasteiger charge is 2.49. The predicted octanol–water partition coefficient (Wildman–Crippen LogP) is 1.11. The van der Waals surface area contributed by atoms with E-state index >= 15 is 0 Å². The molecule has 0 aromatic carbocycles. The molecule has 3 aliphatic rings. The van der Waals surface area contributed by atoms with E-state index in [2.05, 4.69) is 4.90 Å². The van der Waals surface area contributed by atoms with Crippen LogP contribution in [0.1, 0.15) is 33.6 Å². The molecule has 0 aromatic heterocycles. The molecule has 0 radical (unpaired) electrons. The summed E-state index contributed by atoms with van der Waals surface area (Å²) in [4.78, 5) is 16.3. The number of sulfone groups is 1. The number of hydrogen-bond acceptors (Lipinski definition) is 5. The van der Waals surface area contributed by atoms with Crippen LogP contribution < -0.4 is 0 Å². The van der Waals surface area contributed by atoms with Crippen LogP contribution in [0.5, 0.6) is 0 Å². The second-order valence-electron chi connectivity index (χ2n) is 7.82. The van der Waals surface area contributed by atoms with Crippen LogP contribution in [0.15, 0.2) is 0 Å². The highest BCUT2D eigenvalue weighted by molar-refractivity contribution is 7.91. The van der Waals surface area contributed by atoms with Crippen molar-refractivity contribution >= 4 is 15.9 Å². The quantitative estimate of drug-likeness (QED) is 0.759. The monoisotopic (exact) mass is 330 g/mol. The maximum Gasteiger partial charge on any atom is 0.410 e. The van der Waals surface area contributed by atoms with Gasteiger partial charge in [0.25, 0.3) is 0 Å². The molecule has 0 bridgehead atoms. The van der Waals surface area contributed by atoms with E-state index in [1.54, 1.807) is 4.90 Å². The molecule has 2 saturated heterocycles. The largest absolute Gasteiger partial charge is 0.444 e. The lowest BCUT2D eigenvalue weighted by Gasteiger charge is -2.44. The van der Waals surface area contributed by atoms with Gasteiger partial charge in [-0.2, -0.15) is 0 Å². The van der Waals surface area contributed by atoms with Crippen molar-refractivity contribution in [2.45, 2.75) is 51.3 Å². The highest BCUT2D eigenvalue weighted by Crippen LogP contribution is 2.34. The molecule has 6 nitrogen and oxygen atoms in total. The Labute approximate surface area is 132 Å². The van der Waals surface area contributed by atoms with Crippen molar-refractivity contribution in [2.24, 2.45) is 5.92 Å². The van der Waals surface area contributed by atoms with Gasteiger partial charge in [-0.1, -0.05) is 0 Å². The van der Waals surface area contributed by atoms with E-state index in [1.165, 1.54) is 12.8 Å². The Bertz CT molecular complexity index is 550. The summed E-state index contributed by atoms with van der Waals surface area (Å²) in [6, 6.07) is -0.320. The van der Waals surface area contributed by atoms with Crippen LogP contribution in [0, 0.1) is 5.92 Å². The molecule has 2 atom stereocenters. The Morgan fingerprint density at radius 2 is 1.77 bits per heavy atom. The maximum atomic E-state index is 12.4. The summed E-state index contributed by atoms with van der Waals surface area (Å²) in [6.45, 7) is 7.76. The van der Waals surface area contributed by atoms with Gasteiger partial charge in [-0.3, -0.25) is 4.90 Å². The van der Waals surface area contributed by atoms with Crippen molar-refractivity contribution in [1.82, 2.24) is 9.80 Å². The Hall–Kier alpha value is -0.820. The van der Waals surface area contributed by atoms with Crippen LogP contribution in [0.25, 0.3) is 0 Å². The second-order valence-corrected chi connectivity index (χ2v) is 9.98. The van der Waals surface area contributed by atoms with Crippen molar-refractivity contribution in [3.05, 3.63) is 0 Å². The molecular weight excluding hydrogens is 304 g/mol. The third-order valence-electron chi connectivity index (χ3n) is 4.61.